The van der Waals surface area contributed by atoms with Crippen molar-refractivity contribution in [1.29, 1.82) is 0 Å². The Morgan fingerprint density at radius 2 is 2.43 bits per heavy atom. The van der Waals surface area contributed by atoms with Gasteiger partial charge in [0, 0.05) is 19.7 Å². The number of carbonyl (C=O) groups is 1. The summed E-state index contributed by atoms with van der Waals surface area (Å²) in [6.07, 6.45) is 0.704. The highest BCUT2D eigenvalue weighted by atomic mass is 16.5. The van der Waals surface area contributed by atoms with Crippen molar-refractivity contribution in [2.24, 2.45) is 5.92 Å². The van der Waals surface area contributed by atoms with E-state index in [1.807, 2.05) is 0 Å². The zero-order chi connectivity index (χ0) is 10.0. The smallest absolute Gasteiger partial charge is 0.226 e. The van der Waals surface area contributed by atoms with E-state index in [2.05, 4.69) is 10.6 Å². The molecule has 0 spiro atoms. The largest absolute Gasteiger partial charge is 0.394 e. The van der Waals surface area contributed by atoms with E-state index in [1.165, 1.54) is 0 Å². The summed E-state index contributed by atoms with van der Waals surface area (Å²) in [6, 6.07) is 0. The third kappa shape index (κ3) is 1.75. The first-order valence-electron chi connectivity index (χ1n) is 4.97. The summed E-state index contributed by atoms with van der Waals surface area (Å²) in [4.78, 5) is 11.6. The Morgan fingerprint density at radius 3 is 2.86 bits per heavy atom. The van der Waals surface area contributed by atoms with Gasteiger partial charge in [0.15, 0.2) is 0 Å². The number of ether oxygens (including phenoxy) is 1. The Kier molecular flexibility index (Phi) is 2.71. The van der Waals surface area contributed by atoms with Gasteiger partial charge in [-0.1, -0.05) is 0 Å². The van der Waals surface area contributed by atoms with Gasteiger partial charge < -0.3 is 20.5 Å². The molecule has 0 bridgehead atoms. The van der Waals surface area contributed by atoms with Crippen molar-refractivity contribution in [2.75, 3.05) is 32.9 Å². The Morgan fingerprint density at radius 1 is 1.64 bits per heavy atom. The van der Waals surface area contributed by atoms with Gasteiger partial charge in [-0.3, -0.25) is 4.79 Å². The molecule has 5 nitrogen and oxygen atoms in total. The molecule has 0 aromatic rings. The Bertz CT molecular complexity index is 222. The highest BCUT2D eigenvalue weighted by Crippen LogP contribution is 2.19. The van der Waals surface area contributed by atoms with Crippen molar-refractivity contribution in [3.05, 3.63) is 0 Å². The molecule has 5 heteroatoms. The zero-order valence-corrected chi connectivity index (χ0v) is 8.08. The fraction of sp³-hybridized carbons (Fsp3) is 0.889. The SMILES string of the molecule is O=C(NC1(CO)CCOC1)C1CNC1. The predicted molar refractivity (Wildman–Crippen MR) is 49.8 cm³/mol. The fourth-order valence-corrected chi connectivity index (χ4v) is 1.71. The van der Waals surface area contributed by atoms with Gasteiger partial charge >= 0.3 is 0 Å². The molecule has 1 atom stereocenters. The van der Waals surface area contributed by atoms with Crippen LogP contribution in [0.25, 0.3) is 0 Å². The maximum absolute atomic E-state index is 11.6. The average Bonchev–Trinajstić information content (AvgIpc) is 2.50. The number of nitrogens with one attached hydrogen (secondary N) is 2. The van der Waals surface area contributed by atoms with Crippen molar-refractivity contribution in [3.8, 4) is 0 Å². The number of hydrogen-bond acceptors (Lipinski definition) is 4. The second kappa shape index (κ2) is 3.84. The molecule has 3 N–H and O–H groups in total. The van der Waals surface area contributed by atoms with Crippen LogP contribution in [0.2, 0.25) is 0 Å². The van der Waals surface area contributed by atoms with E-state index in [4.69, 9.17) is 4.74 Å². The van der Waals surface area contributed by atoms with Gasteiger partial charge in [-0.2, -0.15) is 0 Å². The van der Waals surface area contributed by atoms with Gasteiger partial charge in [-0.05, 0) is 6.42 Å². The molecule has 80 valence electrons. The van der Waals surface area contributed by atoms with Gasteiger partial charge in [0.2, 0.25) is 5.91 Å². The van der Waals surface area contributed by atoms with Crippen LogP contribution in [-0.4, -0.2) is 49.5 Å². The van der Waals surface area contributed by atoms with Crippen molar-refractivity contribution in [1.82, 2.24) is 10.6 Å². The molecule has 2 heterocycles. The van der Waals surface area contributed by atoms with Crippen LogP contribution in [0.5, 0.6) is 0 Å². The summed E-state index contributed by atoms with van der Waals surface area (Å²) in [5, 5.41) is 15.2. The first-order valence-corrected chi connectivity index (χ1v) is 4.97. The molecule has 1 amide bonds. The van der Waals surface area contributed by atoms with Crippen LogP contribution in [0.4, 0.5) is 0 Å². The molecule has 2 fully saturated rings. The standard InChI is InChI=1S/C9H16N2O3/c12-5-9(1-2-14-6-9)11-8(13)7-3-10-4-7/h7,10,12H,1-6H2,(H,11,13). The second-order valence-corrected chi connectivity index (χ2v) is 4.09. The van der Waals surface area contributed by atoms with Crippen LogP contribution < -0.4 is 10.6 Å². The van der Waals surface area contributed by atoms with Crippen molar-refractivity contribution < 1.29 is 14.6 Å². The minimum Gasteiger partial charge on any atom is -0.394 e. The number of carbonyl (C=O) groups excluding carboxylic acids is 1. The van der Waals surface area contributed by atoms with Crippen molar-refractivity contribution in [2.45, 2.75) is 12.0 Å². The van der Waals surface area contributed by atoms with E-state index >= 15 is 0 Å². The molecule has 2 aliphatic heterocycles. The molecule has 14 heavy (non-hydrogen) atoms. The van der Waals surface area contributed by atoms with Crippen molar-refractivity contribution in [3.63, 3.8) is 0 Å². The van der Waals surface area contributed by atoms with Crippen LogP contribution in [0.3, 0.4) is 0 Å². The monoisotopic (exact) mass is 200 g/mol. The molecular weight excluding hydrogens is 184 g/mol. The molecule has 1 unspecified atom stereocenters. The highest BCUT2D eigenvalue weighted by Gasteiger charge is 2.38. The third-order valence-electron chi connectivity index (χ3n) is 2.95. The molecule has 2 aliphatic rings. The lowest BCUT2D eigenvalue weighted by Crippen LogP contribution is -2.59. The molecule has 2 saturated heterocycles. The summed E-state index contributed by atoms with van der Waals surface area (Å²) in [7, 11) is 0. The number of aliphatic hydroxyl groups is 1. The lowest BCUT2D eigenvalue weighted by atomic mass is 9.96. The Hall–Kier alpha value is -0.650. The summed E-state index contributed by atoms with van der Waals surface area (Å²) < 4.78 is 5.19. The third-order valence-corrected chi connectivity index (χ3v) is 2.95. The van der Waals surface area contributed by atoms with Crippen LogP contribution >= 0.6 is 0 Å². The first-order chi connectivity index (χ1) is 6.76. The highest BCUT2D eigenvalue weighted by molar-refractivity contribution is 5.80. The first kappa shape index (κ1) is 9.89. The molecule has 0 aromatic carbocycles. The average molecular weight is 200 g/mol. The minimum atomic E-state index is -0.521. The molecule has 0 radical (unpaired) electrons. The van der Waals surface area contributed by atoms with Crippen LogP contribution in [0, 0.1) is 5.92 Å². The predicted octanol–water partition coefficient (Wildman–Crippen LogP) is -1.53. The fourth-order valence-electron chi connectivity index (χ4n) is 1.71. The lowest BCUT2D eigenvalue weighted by Gasteiger charge is -2.32. The van der Waals surface area contributed by atoms with E-state index in [0.717, 1.165) is 13.1 Å². The number of rotatable bonds is 3. The molecular formula is C9H16N2O3. The summed E-state index contributed by atoms with van der Waals surface area (Å²) in [5.41, 5.74) is -0.521. The van der Waals surface area contributed by atoms with Gasteiger partial charge in [0.1, 0.15) is 0 Å². The normalized spacial score (nSPS) is 32.6. The quantitative estimate of drug-likeness (QED) is 0.517. The lowest BCUT2D eigenvalue weighted by molar-refractivity contribution is -0.129. The van der Waals surface area contributed by atoms with Gasteiger partial charge in [0.25, 0.3) is 0 Å². The van der Waals surface area contributed by atoms with E-state index in [0.29, 0.717) is 19.6 Å². The van der Waals surface area contributed by atoms with Crippen molar-refractivity contribution >= 4 is 5.91 Å². The van der Waals surface area contributed by atoms with Gasteiger partial charge in [-0.15, -0.1) is 0 Å². The number of amides is 1. The molecule has 0 saturated carbocycles. The zero-order valence-electron chi connectivity index (χ0n) is 8.08. The summed E-state index contributed by atoms with van der Waals surface area (Å²) >= 11 is 0. The van der Waals surface area contributed by atoms with E-state index in [-0.39, 0.29) is 18.4 Å². The number of hydrogen-bond donors (Lipinski definition) is 3. The van der Waals surface area contributed by atoms with E-state index in [9.17, 15) is 9.90 Å². The summed E-state index contributed by atoms with van der Waals surface area (Å²) in [5.74, 6) is 0.0994. The molecule has 2 rings (SSSR count). The van der Waals surface area contributed by atoms with E-state index in [1.54, 1.807) is 0 Å². The Balaban J connectivity index is 1.89. The second-order valence-electron chi connectivity index (χ2n) is 4.09. The topological polar surface area (TPSA) is 70.6 Å². The maximum atomic E-state index is 11.6. The number of aliphatic hydroxyl groups excluding tert-OH is 1. The van der Waals surface area contributed by atoms with E-state index < -0.39 is 5.54 Å². The van der Waals surface area contributed by atoms with Gasteiger partial charge in [-0.25, -0.2) is 0 Å². The molecule has 0 aliphatic carbocycles. The Labute approximate surface area is 82.8 Å². The van der Waals surface area contributed by atoms with Crippen LogP contribution in [0.15, 0.2) is 0 Å². The van der Waals surface area contributed by atoms with Crippen LogP contribution in [0.1, 0.15) is 6.42 Å². The minimum absolute atomic E-state index is 0.0308. The van der Waals surface area contributed by atoms with Gasteiger partial charge in [0.05, 0.1) is 24.7 Å². The summed E-state index contributed by atoms with van der Waals surface area (Å²) in [6.45, 7) is 2.49. The van der Waals surface area contributed by atoms with Crippen LogP contribution in [-0.2, 0) is 9.53 Å². The molecule has 0 aromatic heterocycles. The maximum Gasteiger partial charge on any atom is 0.226 e.